The van der Waals surface area contributed by atoms with Crippen LogP contribution in [0.5, 0.6) is 0 Å². The van der Waals surface area contributed by atoms with Crippen LogP contribution < -0.4 is 4.48 Å². The molecule has 0 bridgehead atoms. The molecule has 0 aliphatic heterocycles. The molecule has 0 saturated carbocycles. The predicted molar refractivity (Wildman–Crippen MR) is 129 cm³/mol. The average molecular weight is 389 g/mol. The van der Waals surface area contributed by atoms with Crippen LogP contribution in [0.15, 0.2) is 24.3 Å². The molecular weight excluding hydrogens is 338 g/mol. The van der Waals surface area contributed by atoms with Crippen LogP contribution in [0.2, 0.25) is 0 Å². The zero-order valence-electron chi connectivity index (χ0n) is 19.8. The lowest BCUT2D eigenvalue weighted by atomic mass is 10.0. The van der Waals surface area contributed by atoms with E-state index < -0.39 is 0 Å². The summed E-state index contributed by atoms with van der Waals surface area (Å²) in [6, 6.07) is 9.06. The van der Waals surface area contributed by atoms with Crippen molar-refractivity contribution >= 4 is 5.69 Å². The average Bonchev–Trinajstić information content (AvgIpc) is 2.68. The van der Waals surface area contributed by atoms with Gasteiger partial charge in [-0.3, -0.25) is 4.48 Å². The Hall–Kier alpha value is -0.820. The number of quaternary nitrogens is 1. The van der Waals surface area contributed by atoms with Gasteiger partial charge in [-0.2, -0.15) is 0 Å². The van der Waals surface area contributed by atoms with Gasteiger partial charge < -0.3 is 0 Å². The minimum Gasteiger partial charge on any atom is -0.296 e. The van der Waals surface area contributed by atoms with Crippen LogP contribution in [0.25, 0.3) is 0 Å². The molecular formula is C27H50N+. The Morgan fingerprint density at radius 3 is 1.29 bits per heavy atom. The van der Waals surface area contributed by atoms with Gasteiger partial charge in [-0.25, -0.2) is 0 Å². The van der Waals surface area contributed by atoms with E-state index in [0.717, 1.165) is 4.48 Å². The topological polar surface area (TPSA) is 0 Å². The Morgan fingerprint density at radius 2 is 0.893 bits per heavy atom. The molecule has 0 N–H and O–H groups in total. The van der Waals surface area contributed by atoms with Crippen molar-refractivity contribution in [3.63, 3.8) is 0 Å². The number of aryl methyl sites for hydroxylation is 1. The van der Waals surface area contributed by atoms with Crippen LogP contribution in [0.1, 0.15) is 115 Å². The van der Waals surface area contributed by atoms with E-state index in [1.165, 1.54) is 121 Å². The number of benzene rings is 1. The van der Waals surface area contributed by atoms with Gasteiger partial charge in [-0.05, 0) is 31.9 Å². The fraction of sp³-hybridized carbons (Fsp3) is 0.778. The maximum absolute atomic E-state index is 2.34. The molecule has 0 radical (unpaired) electrons. The molecule has 1 aromatic carbocycles. The highest BCUT2D eigenvalue weighted by Crippen LogP contribution is 2.21. The monoisotopic (exact) mass is 388 g/mol. The molecule has 28 heavy (non-hydrogen) atoms. The van der Waals surface area contributed by atoms with Gasteiger partial charge >= 0.3 is 0 Å². The van der Waals surface area contributed by atoms with Crippen LogP contribution >= 0.6 is 0 Å². The normalized spacial score (nSPS) is 11.9. The molecule has 0 heterocycles. The van der Waals surface area contributed by atoms with Crippen molar-refractivity contribution < 1.29 is 0 Å². The van der Waals surface area contributed by atoms with E-state index >= 15 is 0 Å². The first-order valence-electron chi connectivity index (χ1n) is 12.5. The van der Waals surface area contributed by atoms with Gasteiger partial charge in [-0.1, -0.05) is 115 Å². The van der Waals surface area contributed by atoms with Crippen LogP contribution in [-0.2, 0) is 0 Å². The minimum atomic E-state index is 1.01. The van der Waals surface area contributed by atoms with Crippen molar-refractivity contribution in [1.82, 2.24) is 4.48 Å². The van der Waals surface area contributed by atoms with Crippen molar-refractivity contribution in [2.45, 2.75) is 117 Å². The highest BCUT2D eigenvalue weighted by Gasteiger charge is 2.17. The highest BCUT2D eigenvalue weighted by atomic mass is 15.3. The van der Waals surface area contributed by atoms with E-state index in [-0.39, 0.29) is 0 Å². The number of unbranched alkanes of at least 4 members (excludes halogenated alkanes) is 15. The fourth-order valence-corrected chi connectivity index (χ4v) is 4.13. The smallest absolute Gasteiger partial charge is 0.132 e. The largest absolute Gasteiger partial charge is 0.296 e. The first-order chi connectivity index (χ1) is 13.6. The van der Waals surface area contributed by atoms with Crippen LogP contribution in [-0.4, -0.2) is 20.6 Å². The van der Waals surface area contributed by atoms with Gasteiger partial charge in [0, 0.05) is 0 Å². The first kappa shape index (κ1) is 25.2. The number of nitrogens with zero attached hydrogens (tertiary/aromatic N) is 1. The Kier molecular flexibility index (Phi) is 14.4. The van der Waals surface area contributed by atoms with Crippen LogP contribution in [0.4, 0.5) is 5.69 Å². The van der Waals surface area contributed by atoms with E-state index in [0.29, 0.717) is 0 Å². The summed E-state index contributed by atoms with van der Waals surface area (Å²) in [6.07, 6.45) is 23.1. The molecule has 0 amide bonds. The Labute approximate surface area is 177 Å². The van der Waals surface area contributed by atoms with E-state index in [1.807, 2.05) is 0 Å². The summed E-state index contributed by atoms with van der Waals surface area (Å²) in [5.74, 6) is 0. The third kappa shape index (κ3) is 12.6. The SMILES string of the molecule is CCCCCCCCCCCCCCCCCC[N+](C)(C)c1ccc(C)cc1. The number of rotatable bonds is 18. The molecule has 0 aliphatic rings. The van der Waals surface area contributed by atoms with Gasteiger partial charge in [0.1, 0.15) is 5.69 Å². The molecule has 1 rings (SSSR count). The van der Waals surface area contributed by atoms with Crippen molar-refractivity contribution in [1.29, 1.82) is 0 Å². The highest BCUT2D eigenvalue weighted by molar-refractivity contribution is 5.43. The molecule has 0 fully saturated rings. The summed E-state index contributed by atoms with van der Waals surface area (Å²) in [6.45, 7) is 5.72. The molecule has 0 spiro atoms. The van der Waals surface area contributed by atoms with Crippen molar-refractivity contribution in [3.05, 3.63) is 29.8 Å². The Morgan fingerprint density at radius 1 is 0.536 bits per heavy atom. The molecule has 0 unspecified atom stereocenters. The van der Waals surface area contributed by atoms with Crippen LogP contribution in [0, 0.1) is 6.92 Å². The van der Waals surface area contributed by atoms with Crippen molar-refractivity contribution in [2.24, 2.45) is 0 Å². The molecule has 1 aromatic rings. The summed E-state index contributed by atoms with van der Waals surface area (Å²) >= 11 is 0. The van der Waals surface area contributed by atoms with E-state index in [9.17, 15) is 0 Å². The van der Waals surface area contributed by atoms with E-state index in [2.05, 4.69) is 52.2 Å². The summed E-state index contributed by atoms with van der Waals surface area (Å²) in [7, 11) is 4.69. The second-order valence-corrected chi connectivity index (χ2v) is 9.55. The molecule has 0 saturated heterocycles. The van der Waals surface area contributed by atoms with Crippen molar-refractivity contribution in [3.8, 4) is 0 Å². The van der Waals surface area contributed by atoms with E-state index in [1.54, 1.807) is 0 Å². The number of hydrogen-bond acceptors (Lipinski definition) is 0. The standard InChI is InChI=1S/C27H50N/c1-5-6-7-8-9-10-11-12-13-14-15-16-17-18-19-20-25-28(3,4)27-23-21-26(2)22-24-27/h21-24H,5-20,25H2,1-4H3/q+1. The second kappa shape index (κ2) is 16.0. The third-order valence-corrected chi connectivity index (χ3v) is 6.30. The Balaban J connectivity index is 1.87. The Bertz CT molecular complexity index is 460. The fourth-order valence-electron chi connectivity index (χ4n) is 4.13. The quantitative estimate of drug-likeness (QED) is 0.174. The third-order valence-electron chi connectivity index (χ3n) is 6.30. The molecule has 1 nitrogen and oxygen atoms in total. The molecule has 0 aliphatic carbocycles. The summed E-state index contributed by atoms with van der Waals surface area (Å²) in [5.41, 5.74) is 2.79. The second-order valence-electron chi connectivity index (χ2n) is 9.55. The zero-order chi connectivity index (χ0) is 20.5. The molecule has 162 valence electrons. The first-order valence-corrected chi connectivity index (χ1v) is 12.5. The summed E-state index contributed by atoms with van der Waals surface area (Å²) < 4.78 is 1.01. The van der Waals surface area contributed by atoms with Gasteiger partial charge in [0.2, 0.25) is 0 Å². The summed E-state index contributed by atoms with van der Waals surface area (Å²) in [5, 5.41) is 0. The van der Waals surface area contributed by atoms with Crippen molar-refractivity contribution in [2.75, 3.05) is 20.6 Å². The molecule has 0 atom stereocenters. The molecule has 1 heteroatoms. The van der Waals surface area contributed by atoms with Gasteiger partial charge in [0.15, 0.2) is 0 Å². The van der Waals surface area contributed by atoms with Gasteiger partial charge in [-0.15, -0.1) is 0 Å². The lowest BCUT2D eigenvalue weighted by molar-refractivity contribution is 0.380. The van der Waals surface area contributed by atoms with Crippen LogP contribution in [0.3, 0.4) is 0 Å². The minimum absolute atomic E-state index is 1.01. The lowest BCUT2D eigenvalue weighted by Gasteiger charge is -2.29. The predicted octanol–water partition coefficient (Wildman–Crippen LogP) is 8.82. The molecule has 0 aromatic heterocycles. The lowest BCUT2D eigenvalue weighted by Crippen LogP contribution is -2.41. The maximum Gasteiger partial charge on any atom is 0.132 e. The van der Waals surface area contributed by atoms with Gasteiger partial charge in [0.25, 0.3) is 0 Å². The van der Waals surface area contributed by atoms with Gasteiger partial charge in [0.05, 0.1) is 20.6 Å². The van der Waals surface area contributed by atoms with E-state index in [4.69, 9.17) is 0 Å². The zero-order valence-corrected chi connectivity index (χ0v) is 19.8. The number of hydrogen-bond donors (Lipinski definition) is 0. The summed E-state index contributed by atoms with van der Waals surface area (Å²) in [4.78, 5) is 0. The maximum atomic E-state index is 2.34.